The highest BCUT2D eigenvalue weighted by molar-refractivity contribution is 7.92. The highest BCUT2D eigenvalue weighted by Crippen LogP contribution is 2.24. The Hall–Kier alpha value is -2.16. The van der Waals surface area contributed by atoms with E-state index < -0.39 is 10.0 Å². The van der Waals surface area contributed by atoms with Crippen molar-refractivity contribution in [2.45, 2.75) is 19.4 Å². The number of carbonyl (C=O) groups is 1. The first-order valence-corrected chi connectivity index (χ1v) is 10.7. The number of halogens is 1. The van der Waals surface area contributed by atoms with Crippen molar-refractivity contribution >= 4 is 34.0 Å². The summed E-state index contributed by atoms with van der Waals surface area (Å²) in [5.41, 5.74) is 1.84. The van der Waals surface area contributed by atoms with Crippen LogP contribution in [-0.4, -0.2) is 49.6 Å². The zero-order chi connectivity index (χ0) is 19.3. The number of benzene rings is 1. The zero-order valence-corrected chi connectivity index (χ0v) is 17.3. The minimum atomic E-state index is -3.40. The van der Waals surface area contributed by atoms with Crippen molar-refractivity contribution in [1.29, 1.82) is 0 Å². The molecule has 0 spiro atoms. The molecule has 1 unspecified atom stereocenters. The molecule has 9 heteroatoms. The van der Waals surface area contributed by atoms with Gasteiger partial charge >= 0.3 is 0 Å². The number of piperazine rings is 1. The molecule has 1 atom stereocenters. The fourth-order valence-corrected chi connectivity index (χ4v) is 4.32. The molecule has 152 valence electrons. The number of sulfonamides is 1. The molecule has 0 bridgehead atoms. The molecule has 2 N–H and O–H groups in total. The van der Waals surface area contributed by atoms with E-state index in [-0.39, 0.29) is 30.1 Å². The summed E-state index contributed by atoms with van der Waals surface area (Å²) >= 11 is 0. The fourth-order valence-electron chi connectivity index (χ4n) is 3.20. The van der Waals surface area contributed by atoms with Gasteiger partial charge in [0, 0.05) is 43.3 Å². The minimum absolute atomic E-state index is 0. The van der Waals surface area contributed by atoms with Gasteiger partial charge in [0.1, 0.15) is 0 Å². The van der Waals surface area contributed by atoms with Gasteiger partial charge in [0.25, 0.3) is 5.91 Å². The van der Waals surface area contributed by atoms with Gasteiger partial charge in [0.2, 0.25) is 10.0 Å². The largest absolute Gasteiger partial charge is 0.329 e. The van der Waals surface area contributed by atoms with Crippen molar-refractivity contribution in [3.63, 3.8) is 0 Å². The van der Waals surface area contributed by atoms with Gasteiger partial charge in [-0.3, -0.25) is 14.5 Å². The average Bonchev–Trinajstić information content (AvgIpc) is 2.68. The Labute approximate surface area is 172 Å². The monoisotopic (exact) mass is 424 g/mol. The molecule has 2 heterocycles. The summed E-state index contributed by atoms with van der Waals surface area (Å²) in [4.78, 5) is 19.1. The van der Waals surface area contributed by atoms with Crippen molar-refractivity contribution in [3.05, 3.63) is 59.9 Å². The van der Waals surface area contributed by atoms with Gasteiger partial charge in [-0.05, 0) is 36.2 Å². The van der Waals surface area contributed by atoms with Crippen molar-refractivity contribution in [2.24, 2.45) is 0 Å². The van der Waals surface area contributed by atoms with E-state index in [0.717, 1.165) is 5.56 Å². The zero-order valence-electron chi connectivity index (χ0n) is 15.7. The third-order valence-corrected chi connectivity index (χ3v) is 5.92. The van der Waals surface area contributed by atoms with Crippen molar-refractivity contribution < 1.29 is 13.2 Å². The van der Waals surface area contributed by atoms with Crippen molar-refractivity contribution in [2.75, 3.05) is 30.1 Å². The lowest BCUT2D eigenvalue weighted by atomic mass is 10.0. The van der Waals surface area contributed by atoms with E-state index in [9.17, 15) is 13.2 Å². The Morgan fingerprint density at radius 2 is 2.14 bits per heavy atom. The van der Waals surface area contributed by atoms with Gasteiger partial charge in [-0.25, -0.2) is 8.42 Å². The van der Waals surface area contributed by atoms with Crippen LogP contribution in [-0.2, 0) is 10.0 Å². The molecule has 28 heavy (non-hydrogen) atoms. The number of anilines is 1. The number of rotatable bonds is 6. The van der Waals surface area contributed by atoms with Crippen molar-refractivity contribution in [1.82, 2.24) is 15.2 Å². The normalized spacial score (nSPS) is 16.9. The first-order valence-electron chi connectivity index (χ1n) is 9.02. The number of aromatic nitrogens is 1. The molecule has 1 saturated heterocycles. The van der Waals surface area contributed by atoms with Gasteiger partial charge in [-0.1, -0.05) is 19.1 Å². The second-order valence-electron chi connectivity index (χ2n) is 6.51. The van der Waals surface area contributed by atoms with Crippen LogP contribution in [0.4, 0.5) is 5.69 Å². The third-order valence-electron chi connectivity index (χ3n) is 4.43. The van der Waals surface area contributed by atoms with Crippen LogP contribution in [0.1, 0.15) is 35.3 Å². The number of hydrogen-bond acceptors (Lipinski definition) is 5. The Balaban J connectivity index is 0.00000280. The Kier molecular flexibility index (Phi) is 7.79. The first kappa shape index (κ1) is 22.1. The van der Waals surface area contributed by atoms with E-state index in [4.69, 9.17) is 0 Å². The van der Waals surface area contributed by atoms with Crippen LogP contribution in [0.25, 0.3) is 0 Å². The standard InChI is InChI=1S/C19H24N4O3S.ClH/c1-2-11-27(25,26)22-17-7-3-5-15(12-17)19(24)23-10-9-21-14-18(23)16-6-4-8-20-13-16;/h3-8,12-13,18,21-22H,2,9-11,14H2,1H3;1H. The average molecular weight is 425 g/mol. The summed E-state index contributed by atoms with van der Waals surface area (Å²) in [6.45, 7) is 3.75. The van der Waals surface area contributed by atoms with E-state index >= 15 is 0 Å². The molecule has 1 aliphatic rings. The summed E-state index contributed by atoms with van der Waals surface area (Å²) in [5.74, 6) is -0.0756. The number of nitrogens with zero attached hydrogens (tertiary/aromatic N) is 2. The minimum Gasteiger partial charge on any atom is -0.329 e. The first-order chi connectivity index (χ1) is 13.0. The van der Waals surface area contributed by atoms with Crippen LogP contribution < -0.4 is 10.0 Å². The predicted molar refractivity (Wildman–Crippen MR) is 112 cm³/mol. The van der Waals surface area contributed by atoms with Crippen LogP contribution in [0.15, 0.2) is 48.8 Å². The Bertz CT molecular complexity index is 893. The van der Waals surface area contributed by atoms with Gasteiger partial charge < -0.3 is 10.2 Å². The Morgan fingerprint density at radius 3 is 2.86 bits per heavy atom. The molecule has 0 saturated carbocycles. The van der Waals surface area contributed by atoms with Crippen LogP contribution in [0.3, 0.4) is 0 Å². The van der Waals surface area contributed by atoms with E-state index in [2.05, 4.69) is 15.0 Å². The molecule has 2 aromatic rings. The number of amides is 1. The maximum atomic E-state index is 13.1. The molecule has 7 nitrogen and oxygen atoms in total. The third kappa shape index (κ3) is 5.43. The number of carbonyl (C=O) groups excluding carboxylic acids is 1. The number of nitrogens with one attached hydrogen (secondary N) is 2. The fraction of sp³-hybridized carbons (Fsp3) is 0.368. The highest BCUT2D eigenvalue weighted by atomic mass is 35.5. The molecule has 1 aliphatic heterocycles. The summed E-state index contributed by atoms with van der Waals surface area (Å²) in [6.07, 6.45) is 4.01. The Morgan fingerprint density at radius 1 is 1.32 bits per heavy atom. The molecular formula is C19H25ClN4O3S. The molecule has 3 rings (SSSR count). The molecule has 0 aliphatic carbocycles. The van der Waals surface area contributed by atoms with Crippen LogP contribution in [0.2, 0.25) is 0 Å². The molecule has 0 radical (unpaired) electrons. The molecule has 1 aromatic carbocycles. The van der Waals surface area contributed by atoms with Gasteiger partial charge in [0.05, 0.1) is 11.8 Å². The molecule has 1 aromatic heterocycles. The maximum absolute atomic E-state index is 13.1. The van der Waals surface area contributed by atoms with Crippen LogP contribution in [0, 0.1) is 0 Å². The second-order valence-corrected chi connectivity index (χ2v) is 8.35. The number of hydrogen-bond donors (Lipinski definition) is 2. The van der Waals surface area contributed by atoms with E-state index in [1.807, 2.05) is 24.0 Å². The molecular weight excluding hydrogens is 400 g/mol. The maximum Gasteiger partial charge on any atom is 0.254 e. The topological polar surface area (TPSA) is 91.4 Å². The van der Waals surface area contributed by atoms with E-state index in [0.29, 0.717) is 37.3 Å². The lowest BCUT2D eigenvalue weighted by Gasteiger charge is -2.36. The summed E-state index contributed by atoms with van der Waals surface area (Å²) < 4.78 is 26.5. The summed E-state index contributed by atoms with van der Waals surface area (Å²) in [5, 5.41) is 3.31. The second kappa shape index (κ2) is 9.86. The van der Waals surface area contributed by atoms with Gasteiger partial charge in [-0.2, -0.15) is 0 Å². The lowest BCUT2D eigenvalue weighted by molar-refractivity contribution is 0.0634. The van der Waals surface area contributed by atoms with E-state index in [1.54, 1.807) is 36.7 Å². The van der Waals surface area contributed by atoms with Crippen LogP contribution in [0.5, 0.6) is 0 Å². The summed E-state index contributed by atoms with van der Waals surface area (Å²) in [6, 6.07) is 10.4. The van der Waals surface area contributed by atoms with E-state index in [1.165, 1.54) is 0 Å². The van der Waals surface area contributed by atoms with Gasteiger partial charge in [-0.15, -0.1) is 12.4 Å². The highest BCUT2D eigenvalue weighted by Gasteiger charge is 2.29. The number of pyridine rings is 1. The SMILES string of the molecule is CCCS(=O)(=O)Nc1cccc(C(=O)N2CCNCC2c2cccnc2)c1.Cl. The molecule has 1 amide bonds. The molecule has 1 fully saturated rings. The van der Waals surface area contributed by atoms with Crippen molar-refractivity contribution in [3.8, 4) is 0 Å². The lowest BCUT2D eigenvalue weighted by Crippen LogP contribution is -2.48. The quantitative estimate of drug-likeness (QED) is 0.743. The summed E-state index contributed by atoms with van der Waals surface area (Å²) in [7, 11) is -3.40. The smallest absolute Gasteiger partial charge is 0.254 e. The van der Waals surface area contributed by atoms with Crippen LogP contribution >= 0.6 is 12.4 Å². The van der Waals surface area contributed by atoms with Gasteiger partial charge in [0.15, 0.2) is 0 Å². The predicted octanol–water partition coefficient (Wildman–Crippen LogP) is 2.44.